The number of thiocarbonyl (C=S) groups is 1. The van der Waals surface area contributed by atoms with Crippen LogP contribution in [0.3, 0.4) is 0 Å². The van der Waals surface area contributed by atoms with Gasteiger partial charge in [-0.1, -0.05) is 24.3 Å². The smallest absolute Gasteiger partial charge is 0.0745 e. The summed E-state index contributed by atoms with van der Waals surface area (Å²) < 4.78 is 0. The molecule has 66 valence electrons. The average molecular weight is 207 g/mol. The lowest BCUT2D eigenvalue weighted by Crippen LogP contribution is -1.71. The van der Waals surface area contributed by atoms with Gasteiger partial charge in [0.15, 0.2) is 0 Å². The van der Waals surface area contributed by atoms with Crippen molar-refractivity contribution in [1.29, 1.82) is 0 Å². The van der Waals surface area contributed by atoms with Crippen LogP contribution in [0.25, 0.3) is 6.08 Å². The van der Waals surface area contributed by atoms with E-state index in [1.54, 1.807) is 0 Å². The highest BCUT2D eigenvalue weighted by Crippen LogP contribution is 2.14. The van der Waals surface area contributed by atoms with E-state index in [0.29, 0.717) is 0 Å². The molecule has 0 N–H and O–H groups in total. The third-order valence-corrected chi connectivity index (χ3v) is 1.76. The Balaban J connectivity index is 2.91. The molecule has 0 saturated heterocycles. The van der Waals surface area contributed by atoms with Gasteiger partial charge in [-0.15, -0.1) is 0 Å². The summed E-state index contributed by atoms with van der Waals surface area (Å²) in [6.07, 6.45) is 3.97. The van der Waals surface area contributed by atoms with Crippen molar-refractivity contribution in [1.82, 2.24) is 0 Å². The van der Waals surface area contributed by atoms with Crippen molar-refractivity contribution in [2.45, 2.75) is 0 Å². The fourth-order valence-electron chi connectivity index (χ4n) is 0.940. The quantitative estimate of drug-likeness (QED) is 0.455. The normalized spacial score (nSPS) is 9.92. The van der Waals surface area contributed by atoms with E-state index in [9.17, 15) is 0 Å². The number of hydrogen-bond acceptors (Lipinski definition) is 3. The minimum atomic E-state index is 0.737. The molecular weight excluding hydrogens is 198 g/mol. The highest BCUT2D eigenvalue weighted by Gasteiger charge is 1.88. The predicted octanol–water partition coefficient (Wildman–Crippen LogP) is 3.36. The van der Waals surface area contributed by atoms with Crippen molar-refractivity contribution in [3.05, 3.63) is 35.9 Å². The monoisotopic (exact) mass is 207 g/mol. The molecule has 3 heteroatoms. The molecule has 1 rings (SSSR count). The second kappa shape index (κ2) is 5.70. The summed E-state index contributed by atoms with van der Waals surface area (Å²) in [6.45, 7) is 0. The van der Waals surface area contributed by atoms with Gasteiger partial charge in [0.05, 0.1) is 10.8 Å². The van der Waals surface area contributed by atoms with E-state index < -0.39 is 0 Å². The van der Waals surface area contributed by atoms with Gasteiger partial charge >= 0.3 is 0 Å². The molecular formula is C10H9NS2. The summed E-state index contributed by atoms with van der Waals surface area (Å²) >= 11 is 8.60. The molecule has 1 nitrogen and oxygen atoms in total. The van der Waals surface area contributed by atoms with E-state index in [4.69, 9.17) is 0 Å². The lowest BCUT2D eigenvalue weighted by Gasteiger charge is -1.93. The molecule has 1 aromatic carbocycles. The first-order valence-electron chi connectivity index (χ1n) is 3.82. The van der Waals surface area contributed by atoms with Gasteiger partial charge in [-0.3, -0.25) is 0 Å². The summed E-state index contributed by atoms with van der Waals surface area (Å²) in [4.78, 5) is 3.89. The third kappa shape index (κ3) is 3.55. The largest absolute Gasteiger partial charge is 0.195 e. The molecule has 0 spiro atoms. The van der Waals surface area contributed by atoms with E-state index in [-0.39, 0.29) is 0 Å². The van der Waals surface area contributed by atoms with E-state index in [2.05, 4.69) is 35.0 Å². The number of thiol groups is 1. The maximum atomic E-state index is 4.52. The molecule has 0 fully saturated rings. The van der Waals surface area contributed by atoms with E-state index in [0.717, 1.165) is 17.0 Å². The van der Waals surface area contributed by atoms with Crippen molar-refractivity contribution < 1.29 is 0 Å². The summed E-state index contributed by atoms with van der Waals surface area (Å²) in [7, 11) is 0. The van der Waals surface area contributed by atoms with Crippen LogP contribution in [0.2, 0.25) is 0 Å². The van der Waals surface area contributed by atoms with E-state index >= 15 is 0 Å². The second-order valence-corrected chi connectivity index (χ2v) is 2.93. The number of benzene rings is 1. The van der Waals surface area contributed by atoms with Crippen LogP contribution in [0.15, 0.2) is 35.3 Å². The highest BCUT2D eigenvalue weighted by molar-refractivity contribution is 7.80. The van der Waals surface area contributed by atoms with Crippen LogP contribution in [0, 0.1) is 0 Å². The Hall–Kier alpha value is -0.890. The van der Waals surface area contributed by atoms with Crippen molar-refractivity contribution in [2.75, 3.05) is 5.75 Å². The van der Waals surface area contributed by atoms with Crippen LogP contribution in [-0.4, -0.2) is 10.9 Å². The zero-order valence-electron chi connectivity index (χ0n) is 6.97. The summed E-state index contributed by atoms with van der Waals surface area (Å²) in [6, 6.07) is 7.77. The van der Waals surface area contributed by atoms with Crippen molar-refractivity contribution in [2.24, 2.45) is 4.99 Å². The number of nitrogens with zero attached hydrogens (tertiary/aromatic N) is 1. The Labute approximate surface area is 88.6 Å². The standard InChI is InChI=1S/C10H9NS2/c12-6-2-4-9-3-1-5-10(7-9)11-8-13/h1-5,7,12H,6H2. The SMILES string of the molecule is S=C=Nc1cccc(C=CCS)c1. The molecule has 0 radical (unpaired) electrons. The van der Waals surface area contributed by atoms with E-state index in [1.807, 2.05) is 36.4 Å². The highest BCUT2D eigenvalue weighted by atomic mass is 32.1. The maximum Gasteiger partial charge on any atom is 0.0745 e. The average Bonchev–Trinajstić information content (AvgIpc) is 2.16. The fourth-order valence-corrected chi connectivity index (χ4v) is 1.15. The molecule has 0 unspecified atom stereocenters. The molecule has 0 aliphatic carbocycles. The summed E-state index contributed by atoms with van der Waals surface area (Å²) in [5.74, 6) is 0.737. The Morgan fingerprint density at radius 1 is 1.54 bits per heavy atom. The molecule has 0 atom stereocenters. The molecule has 0 aliphatic heterocycles. The Morgan fingerprint density at radius 2 is 2.38 bits per heavy atom. The van der Waals surface area contributed by atoms with Gasteiger partial charge in [0.2, 0.25) is 0 Å². The van der Waals surface area contributed by atoms with Crippen LogP contribution < -0.4 is 0 Å². The molecule has 0 amide bonds. The van der Waals surface area contributed by atoms with Crippen LogP contribution in [0.5, 0.6) is 0 Å². The molecule has 13 heavy (non-hydrogen) atoms. The Bertz CT molecular complexity index is 352. The second-order valence-electron chi connectivity index (χ2n) is 2.38. The van der Waals surface area contributed by atoms with Crippen molar-refractivity contribution in [3.8, 4) is 0 Å². The Kier molecular flexibility index (Phi) is 4.47. The first-order chi connectivity index (χ1) is 6.36. The number of isothiocyanates is 1. The van der Waals surface area contributed by atoms with Gasteiger partial charge in [-0.2, -0.15) is 17.6 Å². The first-order valence-corrected chi connectivity index (χ1v) is 4.86. The third-order valence-electron chi connectivity index (χ3n) is 1.46. The van der Waals surface area contributed by atoms with E-state index in [1.165, 1.54) is 0 Å². The fraction of sp³-hybridized carbons (Fsp3) is 0.100. The molecule has 0 heterocycles. The van der Waals surface area contributed by atoms with Crippen LogP contribution in [0.4, 0.5) is 5.69 Å². The van der Waals surface area contributed by atoms with Gasteiger partial charge in [0, 0.05) is 5.75 Å². The van der Waals surface area contributed by atoms with Crippen LogP contribution >= 0.6 is 24.8 Å². The molecule has 0 aromatic heterocycles. The summed E-state index contributed by atoms with van der Waals surface area (Å²) in [5, 5.41) is 2.34. The molecule has 1 aromatic rings. The minimum absolute atomic E-state index is 0.737. The zero-order chi connectivity index (χ0) is 9.52. The van der Waals surface area contributed by atoms with Gasteiger partial charge in [-0.25, -0.2) is 0 Å². The summed E-state index contributed by atoms with van der Waals surface area (Å²) in [5.41, 5.74) is 1.93. The van der Waals surface area contributed by atoms with Gasteiger partial charge in [0.25, 0.3) is 0 Å². The van der Waals surface area contributed by atoms with Gasteiger partial charge in [-0.05, 0) is 29.9 Å². The minimum Gasteiger partial charge on any atom is -0.195 e. The topological polar surface area (TPSA) is 12.4 Å². The molecule has 0 saturated carbocycles. The van der Waals surface area contributed by atoms with Crippen LogP contribution in [0.1, 0.15) is 5.56 Å². The maximum absolute atomic E-state index is 4.52. The van der Waals surface area contributed by atoms with Crippen molar-refractivity contribution in [3.63, 3.8) is 0 Å². The number of rotatable bonds is 3. The number of aliphatic imine (C=N–C) groups is 1. The lowest BCUT2D eigenvalue weighted by atomic mass is 10.2. The predicted molar refractivity (Wildman–Crippen MR) is 64.0 cm³/mol. The van der Waals surface area contributed by atoms with Crippen LogP contribution in [-0.2, 0) is 0 Å². The molecule has 0 aliphatic rings. The Morgan fingerprint density at radius 3 is 3.08 bits per heavy atom. The zero-order valence-corrected chi connectivity index (χ0v) is 8.68. The van der Waals surface area contributed by atoms with Crippen molar-refractivity contribution >= 4 is 41.8 Å². The van der Waals surface area contributed by atoms with Gasteiger partial charge in [0.1, 0.15) is 0 Å². The first kappa shape index (κ1) is 10.2. The van der Waals surface area contributed by atoms with Gasteiger partial charge < -0.3 is 0 Å². The lowest BCUT2D eigenvalue weighted by molar-refractivity contribution is 1.53. The number of hydrogen-bond donors (Lipinski definition) is 1. The molecule has 0 bridgehead atoms.